The monoisotopic (exact) mass is 254 g/mol. The van der Waals surface area contributed by atoms with E-state index < -0.39 is 0 Å². The summed E-state index contributed by atoms with van der Waals surface area (Å²) in [4.78, 5) is 2.19. The zero-order valence-electron chi connectivity index (χ0n) is 9.65. The van der Waals surface area contributed by atoms with Crippen LogP contribution in [0.25, 0.3) is 0 Å². The van der Waals surface area contributed by atoms with Crippen LogP contribution in [0.15, 0.2) is 18.2 Å². The van der Waals surface area contributed by atoms with Gasteiger partial charge < -0.3 is 15.4 Å². The van der Waals surface area contributed by atoms with Gasteiger partial charge in [0.25, 0.3) is 0 Å². The Balaban J connectivity index is 2.20. The molecule has 1 fully saturated rings. The van der Waals surface area contributed by atoms with E-state index in [9.17, 15) is 4.39 Å². The number of hydrogen-bond donors (Lipinski definition) is 1. The Morgan fingerprint density at radius 1 is 1.59 bits per heavy atom. The van der Waals surface area contributed by atoms with Gasteiger partial charge in [0.2, 0.25) is 0 Å². The van der Waals surface area contributed by atoms with Crippen molar-refractivity contribution < 1.29 is 9.13 Å². The predicted octanol–water partition coefficient (Wildman–Crippen LogP) is 1.69. The first kappa shape index (κ1) is 12.3. The molecule has 1 unspecified atom stereocenters. The molecule has 1 aliphatic heterocycles. The Bertz CT molecular complexity index is 439. The van der Waals surface area contributed by atoms with Gasteiger partial charge in [0.15, 0.2) is 0 Å². The molecule has 92 valence electrons. The maximum absolute atomic E-state index is 13.9. The van der Waals surface area contributed by atoms with Crippen LogP contribution < -0.4 is 10.6 Å². The van der Waals surface area contributed by atoms with Gasteiger partial charge in [-0.3, -0.25) is 0 Å². The van der Waals surface area contributed by atoms with Gasteiger partial charge >= 0.3 is 0 Å². The van der Waals surface area contributed by atoms with Gasteiger partial charge in [0.1, 0.15) is 10.8 Å². The molecule has 0 aliphatic carbocycles. The molecule has 1 aromatic rings. The van der Waals surface area contributed by atoms with Gasteiger partial charge in [-0.25, -0.2) is 4.39 Å². The van der Waals surface area contributed by atoms with E-state index in [2.05, 4.69) is 0 Å². The van der Waals surface area contributed by atoms with Crippen LogP contribution in [0.5, 0.6) is 0 Å². The van der Waals surface area contributed by atoms with E-state index in [1.807, 2.05) is 4.90 Å². The molecule has 0 amide bonds. The summed E-state index contributed by atoms with van der Waals surface area (Å²) in [5.41, 5.74) is 6.61. The van der Waals surface area contributed by atoms with E-state index in [0.717, 1.165) is 19.5 Å². The Morgan fingerprint density at radius 3 is 2.88 bits per heavy atom. The lowest BCUT2D eigenvalue weighted by molar-refractivity contribution is 0.121. The van der Waals surface area contributed by atoms with E-state index in [1.165, 1.54) is 6.07 Å². The molecular weight excluding hydrogens is 239 g/mol. The average Bonchev–Trinajstić information content (AvgIpc) is 2.77. The third-order valence-electron chi connectivity index (χ3n) is 3.05. The van der Waals surface area contributed by atoms with Crippen LogP contribution in [0.3, 0.4) is 0 Å². The number of hydrogen-bond acceptors (Lipinski definition) is 3. The van der Waals surface area contributed by atoms with Crippen LogP contribution in [0.4, 0.5) is 10.1 Å². The largest absolute Gasteiger partial charge is 0.389 e. The molecule has 2 rings (SSSR count). The van der Waals surface area contributed by atoms with E-state index in [1.54, 1.807) is 19.2 Å². The fourth-order valence-corrected chi connectivity index (χ4v) is 2.18. The number of nitrogens with two attached hydrogens (primary N) is 1. The number of rotatable bonds is 3. The number of ether oxygens (including phenoxy) is 1. The van der Waals surface area contributed by atoms with Crippen LogP contribution in [0, 0.1) is 5.82 Å². The minimum absolute atomic E-state index is 0.185. The molecule has 1 saturated heterocycles. The standard InChI is InChI=1S/C12H15FN2OS/c1-16-9-4-5-15(7-9)11-3-2-8(12(14)17)6-10(11)13/h2-3,6,9H,4-5,7H2,1H3,(H2,14,17). The fraction of sp³-hybridized carbons (Fsp3) is 0.417. The third kappa shape index (κ3) is 2.56. The molecule has 3 nitrogen and oxygen atoms in total. The van der Waals surface area contributed by atoms with Gasteiger partial charge in [0.05, 0.1) is 11.8 Å². The van der Waals surface area contributed by atoms with E-state index in [0.29, 0.717) is 11.3 Å². The van der Waals surface area contributed by atoms with Crippen molar-refractivity contribution in [2.75, 3.05) is 25.1 Å². The van der Waals surface area contributed by atoms with Gasteiger partial charge in [0, 0.05) is 25.8 Å². The highest BCUT2D eigenvalue weighted by Crippen LogP contribution is 2.25. The lowest BCUT2D eigenvalue weighted by Gasteiger charge is -2.19. The minimum atomic E-state index is -0.285. The van der Waals surface area contributed by atoms with Crippen LogP contribution >= 0.6 is 12.2 Å². The zero-order valence-corrected chi connectivity index (χ0v) is 10.5. The number of halogens is 1. The van der Waals surface area contributed by atoms with Gasteiger partial charge in [-0.15, -0.1) is 0 Å². The first-order valence-electron chi connectivity index (χ1n) is 5.49. The number of thiocarbonyl (C=S) groups is 1. The summed E-state index contributed by atoms with van der Waals surface area (Å²) in [6.45, 7) is 1.53. The Morgan fingerprint density at radius 2 is 2.35 bits per heavy atom. The first-order valence-corrected chi connectivity index (χ1v) is 5.89. The predicted molar refractivity (Wildman–Crippen MR) is 69.9 cm³/mol. The summed E-state index contributed by atoms with van der Waals surface area (Å²) in [5, 5.41) is 0. The molecule has 17 heavy (non-hydrogen) atoms. The molecule has 2 N–H and O–H groups in total. The highest BCUT2D eigenvalue weighted by molar-refractivity contribution is 7.80. The smallest absolute Gasteiger partial charge is 0.147 e. The first-order chi connectivity index (χ1) is 8.11. The zero-order chi connectivity index (χ0) is 12.4. The van der Waals surface area contributed by atoms with Gasteiger partial charge in [-0.05, 0) is 24.6 Å². The topological polar surface area (TPSA) is 38.5 Å². The summed E-state index contributed by atoms with van der Waals surface area (Å²) in [6.07, 6.45) is 1.11. The van der Waals surface area contributed by atoms with E-state index in [-0.39, 0.29) is 16.9 Å². The highest BCUT2D eigenvalue weighted by atomic mass is 32.1. The lowest BCUT2D eigenvalue weighted by Crippen LogP contribution is -2.23. The molecule has 0 aromatic heterocycles. The third-order valence-corrected chi connectivity index (χ3v) is 3.29. The maximum atomic E-state index is 13.9. The van der Waals surface area contributed by atoms with Crippen LogP contribution in [0.2, 0.25) is 0 Å². The molecular formula is C12H15FN2OS. The van der Waals surface area contributed by atoms with Crippen molar-refractivity contribution in [3.05, 3.63) is 29.6 Å². The number of methoxy groups -OCH3 is 1. The van der Waals surface area contributed by atoms with Crippen molar-refractivity contribution in [3.63, 3.8) is 0 Å². The van der Waals surface area contributed by atoms with E-state index >= 15 is 0 Å². The van der Waals surface area contributed by atoms with Crippen LogP contribution in [-0.2, 0) is 4.74 Å². The average molecular weight is 254 g/mol. The van der Waals surface area contributed by atoms with Crippen molar-refractivity contribution in [2.24, 2.45) is 5.73 Å². The minimum Gasteiger partial charge on any atom is -0.389 e. The molecule has 1 atom stereocenters. The van der Waals surface area contributed by atoms with Crippen molar-refractivity contribution in [3.8, 4) is 0 Å². The molecule has 1 heterocycles. The quantitative estimate of drug-likeness (QED) is 0.833. The van der Waals surface area contributed by atoms with Gasteiger partial charge in [-0.1, -0.05) is 12.2 Å². The van der Waals surface area contributed by atoms with Crippen molar-refractivity contribution in [1.82, 2.24) is 0 Å². The fourth-order valence-electron chi connectivity index (χ4n) is 2.06. The normalized spacial score (nSPS) is 19.6. The second kappa shape index (κ2) is 4.98. The molecule has 0 bridgehead atoms. The Kier molecular flexibility index (Phi) is 3.59. The van der Waals surface area contributed by atoms with Crippen molar-refractivity contribution in [2.45, 2.75) is 12.5 Å². The summed E-state index contributed by atoms with van der Waals surface area (Å²) in [6, 6.07) is 4.86. The Hall–Kier alpha value is -1.20. The highest BCUT2D eigenvalue weighted by Gasteiger charge is 2.24. The molecule has 0 radical (unpaired) electrons. The Labute approximate surface area is 105 Å². The maximum Gasteiger partial charge on any atom is 0.147 e. The van der Waals surface area contributed by atoms with Crippen molar-refractivity contribution in [1.29, 1.82) is 0 Å². The molecule has 0 saturated carbocycles. The summed E-state index contributed by atoms with van der Waals surface area (Å²) in [7, 11) is 1.68. The summed E-state index contributed by atoms with van der Waals surface area (Å²) >= 11 is 4.81. The lowest BCUT2D eigenvalue weighted by atomic mass is 10.2. The second-order valence-electron chi connectivity index (χ2n) is 4.12. The van der Waals surface area contributed by atoms with Crippen LogP contribution in [-0.4, -0.2) is 31.3 Å². The summed E-state index contributed by atoms with van der Waals surface area (Å²) < 4.78 is 19.2. The van der Waals surface area contributed by atoms with Crippen LogP contribution in [0.1, 0.15) is 12.0 Å². The molecule has 0 spiro atoms. The number of benzene rings is 1. The second-order valence-corrected chi connectivity index (χ2v) is 4.56. The molecule has 1 aliphatic rings. The van der Waals surface area contributed by atoms with Crippen molar-refractivity contribution >= 4 is 22.9 Å². The molecule has 5 heteroatoms. The van der Waals surface area contributed by atoms with Gasteiger partial charge in [-0.2, -0.15) is 0 Å². The molecule has 1 aromatic carbocycles. The SMILES string of the molecule is COC1CCN(c2ccc(C(N)=S)cc2F)C1. The van der Waals surface area contributed by atoms with E-state index in [4.69, 9.17) is 22.7 Å². The number of anilines is 1. The summed E-state index contributed by atoms with van der Waals surface area (Å²) in [5.74, 6) is -0.285. The number of nitrogens with zero attached hydrogens (tertiary/aromatic N) is 1.